The lowest BCUT2D eigenvalue weighted by molar-refractivity contribution is -0.138. The standard InChI is InChI=1S/C26H33N5O2/c1-18-9-7-13-21(15-18)30-16-19(2)17-31-22-23(27-25(30)31)28(3)26(33)29(24(22)32)14-8-12-20-10-5-4-6-11-20/h4-7,9-11,13,15,19,22-23,25,27H,8,12,14,16-17H2,1-3H3. The van der Waals surface area contributed by atoms with E-state index in [1.165, 1.54) is 16.0 Å². The van der Waals surface area contributed by atoms with Gasteiger partial charge >= 0.3 is 6.03 Å². The first-order chi connectivity index (χ1) is 15.9. The van der Waals surface area contributed by atoms with E-state index < -0.39 is 0 Å². The predicted octanol–water partition coefficient (Wildman–Crippen LogP) is 2.86. The molecular formula is C26H33N5O2. The fraction of sp³-hybridized carbons (Fsp3) is 0.462. The lowest BCUT2D eigenvalue weighted by atomic mass is 10.0. The number of imide groups is 1. The number of rotatable bonds is 5. The molecule has 3 heterocycles. The summed E-state index contributed by atoms with van der Waals surface area (Å²) in [4.78, 5) is 34.6. The third-order valence-electron chi connectivity index (χ3n) is 7.11. The van der Waals surface area contributed by atoms with Crippen molar-refractivity contribution in [1.29, 1.82) is 0 Å². The monoisotopic (exact) mass is 447 g/mol. The van der Waals surface area contributed by atoms with E-state index in [1.807, 2.05) is 25.2 Å². The van der Waals surface area contributed by atoms with Gasteiger partial charge in [-0.2, -0.15) is 0 Å². The highest BCUT2D eigenvalue weighted by Gasteiger charge is 2.56. The number of hydrogen-bond acceptors (Lipinski definition) is 5. The maximum absolute atomic E-state index is 13.6. The van der Waals surface area contributed by atoms with Crippen molar-refractivity contribution >= 4 is 17.6 Å². The highest BCUT2D eigenvalue weighted by atomic mass is 16.2. The van der Waals surface area contributed by atoms with Crippen LogP contribution in [-0.2, 0) is 11.2 Å². The Morgan fingerprint density at radius 1 is 1.03 bits per heavy atom. The van der Waals surface area contributed by atoms with Gasteiger partial charge in [0.25, 0.3) is 5.91 Å². The molecule has 174 valence electrons. The lowest BCUT2D eigenvalue weighted by Crippen LogP contribution is -2.66. The summed E-state index contributed by atoms with van der Waals surface area (Å²) in [6, 6.07) is 18.1. The van der Waals surface area contributed by atoms with Crippen molar-refractivity contribution in [3.63, 3.8) is 0 Å². The number of urea groups is 1. The number of amides is 3. The topological polar surface area (TPSA) is 59.1 Å². The molecule has 0 radical (unpaired) electrons. The van der Waals surface area contributed by atoms with Crippen molar-refractivity contribution in [2.24, 2.45) is 5.92 Å². The Hall–Kier alpha value is -2.90. The molecule has 33 heavy (non-hydrogen) atoms. The molecule has 3 amide bonds. The molecule has 0 bridgehead atoms. The quantitative estimate of drug-likeness (QED) is 0.764. The Balaban J connectivity index is 1.36. The first kappa shape index (κ1) is 21.9. The number of nitrogens with one attached hydrogen (secondary N) is 1. The van der Waals surface area contributed by atoms with Crippen molar-refractivity contribution in [3.8, 4) is 0 Å². The zero-order valence-electron chi connectivity index (χ0n) is 19.6. The molecule has 5 rings (SSSR count). The summed E-state index contributed by atoms with van der Waals surface area (Å²) in [5.74, 6) is 0.328. The second-order valence-corrected chi connectivity index (χ2v) is 9.70. The van der Waals surface area contributed by atoms with Crippen molar-refractivity contribution in [1.82, 2.24) is 20.0 Å². The van der Waals surface area contributed by atoms with E-state index >= 15 is 0 Å². The number of aryl methyl sites for hydroxylation is 2. The van der Waals surface area contributed by atoms with Gasteiger partial charge in [-0.3, -0.25) is 19.9 Å². The molecule has 0 aromatic heterocycles. The van der Waals surface area contributed by atoms with Crippen LogP contribution in [0.2, 0.25) is 0 Å². The van der Waals surface area contributed by atoms with E-state index in [9.17, 15) is 9.59 Å². The van der Waals surface area contributed by atoms with Crippen LogP contribution in [0.3, 0.4) is 0 Å². The van der Waals surface area contributed by atoms with Crippen LogP contribution in [0.5, 0.6) is 0 Å². The minimum Gasteiger partial charge on any atom is -0.343 e. The van der Waals surface area contributed by atoms with Gasteiger partial charge in [-0.1, -0.05) is 49.4 Å². The molecule has 3 saturated heterocycles. The Kier molecular flexibility index (Phi) is 5.85. The van der Waals surface area contributed by atoms with Gasteiger partial charge in [0.15, 0.2) is 0 Å². The van der Waals surface area contributed by atoms with Gasteiger partial charge in [-0.15, -0.1) is 0 Å². The van der Waals surface area contributed by atoms with E-state index in [4.69, 9.17) is 0 Å². The SMILES string of the molecule is Cc1cccc(N2CC(C)CN3C4C(=O)N(CCCc5ccccc5)C(=O)N(C)C4NC23)c1. The van der Waals surface area contributed by atoms with Gasteiger partial charge in [-0.25, -0.2) is 4.79 Å². The summed E-state index contributed by atoms with van der Waals surface area (Å²) in [5, 5.41) is 3.61. The number of hydrogen-bond donors (Lipinski definition) is 1. The van der Waals surface area contributed by atoms with Crippen LogP contribution in [0.1, 0.15) is 24.5 Å². The summed E-state index contributed by atoms with van der Waals surface area (Å²) in [7, 11) is 1.81. The van der Waals surface area contributed by atoms with Crippen LogP contribution in [0.25, 0.3) is 0 Å². The van der Waals surface area contributed by atoms with Crippen LogP contribution in [-0.4, -0.2) is 71.8 Å². The third kappa shape index (κ3) is 4.00. The average molecular weight is 448 g/mol. The molecule has 3 fully saturated rings. The molecule has 0 saturated carbocycles. The van der Waals surface area contributed by atoms with Crippen molar-refractivity contribution < 1.29 is 9.59 Å². The molecule has 4 atom stereocenters. The Labute approximate surface area is 195 Å². The zero-order chi connectivity index (χ0) is 23.1. The maximum Gasteiger partial charge on any atom is 0.327 e. The fourth-order valence-electron chi connectivity index (χ4n) is 5.52. The van der Waals surface area contributed by atoms with E-state index in [-0.39, 0.29) is 30.4 Å². The first-order valence-electron chi connectivity index (χ1n) is 11.9. The molecule has 0 spiro atoms. The smallest absolute Gasteiger partial charge is 0.327 e. The molecule has 0 aliphatic carbocycles. The molecular weight excluding hydrogens is 414 g/mol. The maximum atomic E-state index is 13.6. The van der Waals surface area contributed by atoms with Gasteiger partial charge in [0.05, 0.1) is 0 Å². The molecule has 7 heteroatoms. The Morgan fingerprint density at radius 2 is 1.82 bits per heavy atom. The second-order valence-electron chi connectivity index (χ2n) is 9.70. The van der Waals surface area contributed by atoms with Crippen LogP contribution >= 0.6 is 0 Å². The minimum absolute atomic E-state index is 0.0792. The van der Waals surface area contributed by atoms with E-state index in [2.05, 4.69) is 65.4 Å². The van der Waals surface area contributed by atoms with Crippen LogP contribution in [0.4, 0.5) is 10.5 Å². The summed E-state index contributed by atoms with van der Waals surface area (Å²) in [6.45, 7) is 6.50. The fourth-order valence-corrected chi connectivity index (χ4v) is 5.52. The largest absolute Gasteiger partial charge is 0.343 e. The summed E-state index contributed by atoms with van der Waals surface area (Å²) >= 11 is 0. The van der Waals surface area contributed by atoms with Gasteiger partial charge in [-0.05, 0) is 48.9 Å². The number of nitrogens with zero attached hydrogens (tertiary/aromatic N) is 4. The number of fused-ring (bicyclic) bond motifs is 3. The molecule has 2 aromatic rings. The lowest BCUT2D eigenvalue weighted by Gasteiger charge is -2.46. The van der Waals surface area contributed by atoms with Gasteiger partial charge in [0.1, 0.15) is 18.5 Å². The highest BCUT2D eigenvalue weighted by Crippen LogP contribution is 2.34. The Morgan fingerprint density at radius 3 is 2.58 bits per heavy atom. The molecule has 7 nitrogen and oxygen atoms in total. The molecule has 3 aliphatic heterocycles. The average Bonchev–Trinajstić information content (AvgIpc) is 3.19. The van der Waals surface area contributed by atoms with Crippen molar-refractivity contribution in [2.75, 3.05) is 31.6 Å². The third-order valence-corrected chi connectivity index (χ3v) is 7.11. The Bertz CT molecular complexity index is 1030. The number of carbonyl (C=O) groups is 2. The van der Waals surface area contributed by atoms with Gasteiger partial charge in [0.2, 0.25) is 0 Å². The predicted molar refractivity (Wildman–Crippen MR) is 129 cm³/mol. The molecule has 1 N–H and O–H groups in total. The van der Waals surface area contributed by atoms with E-state index in [1.54, 1.807) is 4.90 Å². The minimum atomic E-state index is -0.371. The molecule has 3 aliphatic rings. The van der Waals surface area contributed by atoms with Crippen molar-refractivity contribution in [3.05, 3.63) is 65.7 Å². The van der Waals surface area contributed by atoms with Crippen LogP contribution < -0.4 is 10.2 Å². The number of likely N-dealkylation sites (N-methyl/N-ethyl adjacent to an activating group) is 1. The van der Waals surface area contributed by atoms with Gasteiger partial charge < -0.3 is 9.80 Å². The van der Waals surface area contributed by atoms with E-state index in [0.717, 1.165) is 31.6 Å². The number of anilines is 1. The van der Waals surface area contributed by atoms with Crippen LogP contribution in [0.15, 0.2) is 54.6 Å². The van der Waals surface area contributed by atoms with Gasteiger partial charge in [0, 0.05) is 32.4 Å². The molecule has 2 aromatic carbocycles. The zero-order valence-corrected chi connectivity index (χ0v) is 19.6. The second kappa shape index (κ2) is 8.80. The number of carbonyl (C=O) groups excluding carboxylic acids is 2. The first-order valence-corrected chi connectivity index (χ1v) is 11.9. The normalized spacial score (nSPS) is 27.7. The van der Waals surface area contributed by atoms with Crippen molar-refractivity contribution in [2.45, 2.75) is 45.2 Å². The molecule has 4 unspecified atom stereocenters. The summed E-state index contributed by atoms with van der Waals surface area (Å²) < 4.78 is 0. The summed E-state index contributed by atoms with van der Waals surface area (Å²) in [6.07, 6.45) is 1.17. The van der Waals surface area contributed by atoms with E-state index in [0.29, 0.717) is 12.5 Å². The number of benzene rings is 2. The van der Waals surface area contributed by atoms with Crippen LogP contribution in [0, 0.1) is 12.8 Å². The summed E-state index contributed by atoms with van der Waals surface area (Å²) in [5.41, 5.74) is 3.58. The highest BCUT2D eigenvalue weighted by molar-refractivity contribution is 6.00.